The molecule has 19 heavy (non-hydrogen) atoms. The average Bonchev–Trinajstić information content (AvgIpc) is 3.12. The van der Waals surface area contributed by atoms with E-state index < -0.39 is 0 Å². The van der Waals surface area contributed by atoms with Gasteiger partial charge in [0, 0.05) is 23.6 Å². The van der Waals surface area contributed by atoms with Crippen LogP contribution in [0, 0.1) is 0 Å². The lowest BCUT2D eigenvalue weighted by atomic mass is 10.2. The number of halogens is 1. The molecule has 0 spiro atoms. The first-order valence-corrected chi connectivity index (χ1v) is 7.92. The van der Waals surface area contributed by atoms with Gasteiger partial charge >= 0.3 is 0 Å². The first-order valence-electron chi connectivity index (χ1n) is 6.36. The van der Waals surface area contributed by atoms with E-state index in [9.17, 15) is 0 Å². The fraction of sp³-hybridized carbons (Fsp3) is 0.357. The standard InChI is InChI=1S/C14H16BrN3S/c1-18(8-9-3-2-4-11(15)7-9)14-12(10-5-6-10)13(16)17-19-14/h2-4,7,10H,5-6,8H2,1H3,(H2,16,17). The quantitative estimate of drug-likeness (QED) is 0.916. The van der Waals surface area contributed by atoms with Gasteiger partial charge in [-0.1, -0.05) is 28.1 Å². The highest BCUT2D eigenvalue weighted by Crippen LogP contribution is 2.48. The summed E-state index contributed by atoms with van der Waals surface area (Å²) in [6.07, 6.45) is 2.50. The Morgan fingerprint density at radius 3 is 2.95 bits per heavy atom. The van der Waals surface area contributed by atoms with Crippen molar-refractivity contribution in [1.82, 2.24) is 4.37 Å². The maximum atomic E-state index is 6.00. The molecular formula is C14H16BrN3S. The van der Waals surface area contributed by atoms with Crippen LogP contribution in [0.1, 0.15) is 29.9 Å². The Labute approximate surface area is 125 Å². The average molecular weight is 338 g/mol. The van der Waals surface area contributed by atoms with E-state index in [0.29, 0.717) is 5.92 Å². The third-order valence-electron chi connectivity index (χ3n) is 3.38. The number of anilines is 2. The molecule has 1 heterocycles. The molecule has 0 atom stereocenters. The van der Waals surface area contributed by atoms with Gasteiger partial charge in [-0.2, -0.15) is 4.37 Å². The second-order valence-electron chi connectivity index (χ2n) is 5.05. The van der Waals surface area contributed by atoms with Crippen LogP contribution < -0.4 is 10.6 Å². The van der Waals surface area contributed by atoms with Crippen molar-refractivity contribution in [3.05, 3.63) is 39.9 Å². The molecule has 0 amide bonds. The Hall–Kier alpha value is -1.07. The van der Waals surface area contributed by atoms with Crippen molar-refractivity contribution in [3.8, 4) is 0 Å². The van der Waals surface area contributed by atoms with Gasteiger partial charge in [0.1, 0.15) is 10.8 Å². The molecule has 1 aromatic carbocycles. The number of hydrogen-bond donors (Lipinski definition) is 1. The third-order valence-corrected chi connectivity index (χ3v) is 4.86. The van der Waals surface area contributed by atoms with E-state index >= 15 is 0 Å². The van der Waals surface area contributed by atoms with E-state index in [2.05, 4.69) is 50.5 Å². The minimum absolute atomic E-state index is 0.638. The molecule has 3 nitrogen and oxygen atoms in total. The summed E-state index contributed by atoms with van der Waals surface area (Å²) in [5, 5.41) is 1.22. The van der Waals surface area contributed by atoms with Crippen LogP contribution in [-0.2, 0) is 6.54 Å². The smallest absolute Gasteiger partial charge is 0.142 e. The molecule has 2 aromatic rings. The number of hydrogen-bond acceptors (Lipinski definition) is 4. The number of nitrogens with two attached hydrogens (primary N) is 1. The number of nitrogens with zero attached hydrogens (tertiary/aromatic N) is 2. The van der Waals surface area contributed by atoms with Gasteiger partial charge in [0.25, 0.3) is 0 Å². The second-order valence-corrected chi connectivity index (χ2v) is 6.71. The predicted molar refractivity (Wildman–Crippen MR) is 84.8 cm³/mol. The Morgan fingerprint density at radius 2 is 2.26 bits per heavy atom. The van der Waals surface area contributed by atoms with Gasteiger partial charge in [-0.3, -0.25) is 0 Å². The van der Waals surface area contributed by atoms with Crippen molar-refractivity contribution in [2.75, 3.05) is 17.7 Å². The van der Waals surface area contributed by atoms with E-state index in [-0.39, 0.29) is 0 Å². The molecule has 2 N–H and O–H groups in total. The van der Waals surface area contributed by atoms with Crippen LogP contribution >= 0.6 is 27.5 Å². The molecule has 0 unspecified atom stereocenters. The van der Waals surface area contributed by atoms with Crippen LogP contribution in [0.25, 0.3) is 0 Å². The van der Waals surface area contributed by atoms with Crippen molar-refractivity contribution in [1.29, 1.82) is 0 Å². The van der Waals surface area contributed by atoms with Crippen LogP contribution in [0.5, 0.6) is 0 Å². The van der Waals surface area contributed by atoms with Gasteiger partial charge in [0.2, 0.25) is 0 Å². The Bertz CT molecular complexity index is 592. The third kappa shape index (κ3) is 2.77. The van der Waals surface area contributed by atoms with E-state index in [1.807, 2.05) is 6.07 Å². The molecule has 1 saturated carbocycles. The summed E-state index contributed by atoms with van der Waals surface area (Å²) in [7, 11) is 2.11. The molecule has 1 fully saturated rings. The van der Waals surface area contributed by atoms with Crippen LogP contribution in [0.4, 0.5) is 10.8 Å². The van der Waals surface area contributed by atoms with Gasteiger partial charge in [-0.25, -0.2) is 0 Å². The predicted octanol–water partition coefficient (Wildman–Crippen LogP) is 4.00. The van der Waals surface area contributed by atoms with Crippen molar-refractivity contribution >= 4 is 38.3 Å². The summed E-state index contributed by atoms with van der Waals surface area (Å²) >= 11 is 5.03. The second kappa shape index (κ2) is 5.13. The monoisotopic (exact) mass is 337 g/mol. The normalized spacial score (nSPS) is 14.6. The summed E-state index contributed by atoms with van der Waals surface area (Å²) in [5.74, 6) is 1.36. The summed E-state index contributed by atoms with van der Waals surface area (Å²) in [6.45, 7) is 0.876. The Balaban J connectivity index is 1.82. The molecule has 0 radical (unpaired) electrons. The molecule has 100 valence electrons. The molecule has 0 saturated heterocycles. The molecule has 1 aliphatic carbocycles. The lowest BCUT2D eigenvalue weighted by molar-refractivity contribution is 0.921. The minimum Gasteiger partial charge on any atom is -0.383 e. The van der Waals surface area contributed by atoms with Crippen LogP contribution in [0.15, 0.2) is 28.7 Å². The van der Waals surface area contributed by atoms with Crippen LogP contribution in [0.3, 0.4) is 0 Å². The summed E-state index contributed by atoms with van der Waals surface area (Å²) in [4.78, 5) is 2.25. The van der Waals surface area contributed by atoms with E-state index in [1.165, 1.54) is 40.5 Å². The van der Waals surface area contributed by atoms with Gasteiger partial charge in [-0.05, 0) is 48.0 Å². The van der Waals surface area contributed by atoms with Crippen molar-refractivity contribution in [2.24, 2.45) is 0 Å². The van der Waals surface area contributed by atoms with Crippen molar-refractivity contribution in [3.63, 3.8) is 0 Å². The SMILES string of the molecule is CN(Cc1cccc(Br)c1)c1snc(N)c1C1CC1. The zero-order chi connectivity index (χ0) is 13.4. The lowest BCUT2D eigenvalue weighted by Gasteiger charge is -2.19. The zero-order valence-electron chi connectivity index (χ0n) is 10.8. The molecule has 0 bridgehead atoms. The fourth-order valence-electron chi connectivity index (χ4n) is 2.31. The molecule has 0 aliphatic heterocycles. The highest BCUT2D eigenvalue weighted by Gasteiger charge is 2.31. The molecule has 5 heteroatoms. The van der Waals surface area contributed by atoms with Crippen molar-refractivity contribution in [2.45, 2.75) is 25.3 Å². The van der Waals surface area contributed by atoms with E-state index in [0.717, 1.165) is 16.8 Å². The molecule has 1 aromatic heterocycles. The van der Waals surface area contributed by atoms with Crippen LogP contribution in [0.2, 0.25) is 0 Å². The number of rotatable bonds is 4. The Morgan fingerprint density at radius 1 is 1.47 bits per heavy atom. The van der Waals surface area contributed by atoms with E-state index in [1.54, 1.807) is 0 Å². The zero-order valence-corrected chi connectivity index (χ0v) is 13.2. The van der Waals surface area contributed by atoms with Crippen LogP contribution in [-0.4, -0.2) is 11.4 Å². The van der Waals surface area contributed by atoms with Gasteiger partial charge in [0.05, 0.1) is 0 Å². The largest absolute Gasteiger partial charge is 0.383 e. The maximum Gasteiger partial charge on any atom is 0.142 e. The maximum absolute atomic E-state index is 6.00. The first kappa shape index (κ1) is 12.9. The van der Waals surface area contributed by atoms with Crippen molar-refractivity contribution < 1.29 is 0 Å². The first-order chi connectivity index (χ1) is 9.15. The van der Waals surface area contributed by atoms with Gasteiger partial charge < -0.3 is 10.6 Å². The van der Waals surface area contributed by atoms with E-state index in [4.69, 9.17) is 5.73 Å². The summed E-state index contributed by atoms with van der Waals surface area (Å²) in [6, 6.07) is 8.40. The highest BCUT2D eigenvalue weighted by molar-refractivity contribution is 9.10. The highest BCUT2D eigenvalue weighted by atomic mass is 79.9. The molecule has 1 aliphatic rings. The summed E-state index contributed by atoms with van der Waals surface area (Å²) in [5.41, 5.74) is 8.55. The number of aromatic nitrogens is 1. The summed E-state index contributed by atoms with van der Waals surface area (Å²) < 4.78 is 5.44. The topological polar surface area (TPSA) is 42.2 Å². The van der Waals surface area contributed by atoms with Gasteiger partial charge in [0.15, 0.2) is 0 Å². The lowest BCUT2D eigenvalue weighted by Crippen LogP contribution is -2.16. The number of benzene rings is 1. The number of nitrogen functional groups attached to an aromatic ring is 1. The Kier molecular flexibility index (Phi) is 3.50. The minimum atomic E-state index is 0.638. The molecular weight excluding hydrogens is 322 g/mol. The fourth-order valence-corrected chi connectivity index (χ4v) is 3.62. The molecule has 3 rings (SSSR count). The van der Waals surface area contributed by atoms with Gasteiger partial charge in [-0.15, -0.1) is 0 Å².